The van der Waals surface area contributed by atoms with Crippen LogP contribution in [0.5, 0.6) is 0 Å². The lowest BCUT2D eigenvalue weighted by atomic mass is 10.2. The smallest absolute Gasteiger partial charge is 0.299 e. The third-order valence-electron chi connectivity index (χ3n) is 1.44. The zero-order valence-electron chi connectivity index (χ0n) is 7.39. The van der Waals surface area contributed by atoms with Gasteiger partial charge in [0.1, 0.15) is 12.2 Å². The van der Waals surface area contributed by atoms with Crippen LogP contribution in [0.15, 0.2) is 5.38 Å². The molecule has 1 aromatic rings. The molecule has 0 saturated carbocycles. The summed E-state index contributed by atoms with van der Waals surface area (Å²) in [5.41, 5.74) is 0.418. The van der Waals surface area contributed by atoms with Gasteiger partial charge in [-0.3, -0.25) is 4.79 Å². The normalized spacial score (nSPS) is 11.7. The average Bonchev–Trinajstić information content (AvgIpc) is 2.30. The van der Waals surface area contributed by atoms with Gasteiger partial charge in [-0.2, -0.15) is 13.2 Å². The number of ketones is 1. The highest BCUT2D eigenvalue weighted by Crippen LogP contribution is 2.21. The van der Waals surface area contributed by atoms with Crippen molar-refractivity contribution in [3.05, 3.63) is 16.1 Å². The molecule has 78 valence electrons. The lowest BCUT2D eigenvalue weighted by Crippen LogP contribution is -2.16. The molecule has 0 fully saturated rings. The zero-order valence-corrected chi connectivity index (χ0v) is 8.21. The first-order valence-electron chi connectivity index (χ1n) is 3.86. The standard InChI is InChI=1S/C8H8F3NOS/c1-5-12-6(4-14-5)2-7(13)3-8(9,10)11/h4H,2-3H2,1H3. The number of hydrogen-bond donors (Lipinski definition) is 0. The van der Waals surface area contributed by atoms with Gasteiger partial charge >= 0.3 is 6.18 Å². The fraction of sp³-hybridized carbons (Fsp3) is 0.500. The van der Waals surface area contributed by atoms with Crippen LogP contribution in [0.25, 0.3) is 0 Å². The number of halogens is 3. The van der Waals surface area contributed by atoms with E-state index in [-0.39, 0.29) is 6.42 Å². The molecule has 0 aliphatic carbocycles. The van der Waals surface area contributed by atoms with Crippen LogP contribution >= 0.6 is 11.3 Å². The van der Waals surface area contributed by atoms with Crippen molar-refractivity contribution in [1.29, 1.82) is 0 Å². The second kappa shape index (κ2) is 4.08. The Morgan fingerprint density at radius 3 is 2.64 bits per heavy atom. The van der Waals surface area contributed by atoms with E-state index in [0.29, 0.717) is 5.69 Å². The van der Waals surface area contributed by atoms with E-state index in [9.17, 15) is 18.0 Å². The average molecular weight is 223 g/mol. The lowest BCUT2D eigenvalue weighted by molar-refractivity contribution is -0.151. The molecule has 0 aliphatic rings. The number of hydrogen-bond acceptors (Lipinski definition) is 3. The minimum absolute atomic E-state index is 0.232. The molecule has 1 rings (SSSR count). The molecule has 0 unspecified atom stereocenters. The molecular weight excluding hydrogens is 215 g/mol. The summed E-state index contributed by atoms with van der Waals surface area (Å²) in [5.74, 6) is -0.845. The highest BCUT2D eigenvalue weighted by molar-refractivity contribution is 7.09. The predicted octanol–water partition coefficient (Wildman–Crippen LogP) is 2.52. The number of alkyl halides is 3. The number of carbonyl (C=O) groups is 1. The van der Waals surface area contributed by atoms with Crippen LogP contribution in [0.3, 0.4) is 0 Å². The Morgan fingerprint density at radius 1 is 1.57 bits per heavy atom. The highest BCUT2D eigenvalue weighted by Gasteiger charge is 2.31. The molecule has 6 heteroatoms. The van der Waals surface area contributed by atoms with Gasteiger partial charge in [0.15, 0.2) is 0 Å². The van der Waals surface area contributed by atoms with Gasteiger partial charge in [-0.25, -0.2) is 4.98 Å². The topological polar surface area (TPSA) is 30.0 Å². The van der Waals surface area contributed by atoms with Crippen LogP contribution in [-0.2, 0) is 11.2 Å². The summed E-state index contributed by atoms with van der Waals surface area (Å²) >= 11 is 1.32. The van der Waals surface area contributed by atoms with Crippen molar-refractivity contribution in [2.45, 2.75) is 25.9 Å². The highest BCUT2D eigenvalue weighted by atomic mass is 32.1. The van der Waals surface area contributed by atoms with Gasteiger partial charge < -0.3 is 0 Å². The molecule has 2 nitrogen and oxygen atoms in total. The number of rotatable bonds is 3. The van der Waals surface area contributed by atoms with E-state index >= 15 is 0 Å². The van der Waals surface area contributed by atoms with E-state index in [2.05, 4.69) is 4.98 Å². The van der Waals surface area contributed by atoms with Crippen molar-refractivity contribution >= 4 is 17.1 Å². The summed E-state index contributed by atoms with van der Waals surface area (Å²) in [5, 5.41) is 2.35. The van der Waals surface area contributed by atoms with Gasteiger partial charge in [-0.15, -0.1) is 11.3 Å². The van der Waals surface area contributed by atoms with Gasteiger partial charge in [0.05, 0.1) is 10.7 Å². The molecule has 1 heterocycles. The van der Waals surface area contributed by atoms with Gasteiger partial charge in [0.25, 0.3) is 0 Å². The van der Waals surface area contributed by atoms with Crippen molar-refractivity contribution < 1.29 is 18.0 Å². The van der Waals surface area contributed by atoms with Gasteiger partial charge in [-0.1, -0.05) is 0 Å². The molecule has 0 spiro atoms. The third-order valence-corrected chi connectivity index (χ3v) is 2.26. The maximum absolute atomic E-state index is 11.8. The lowest BCUT2D eigenvalue weighted by Gasteiger charge is -2.03. The fourth-order valence-electron chi connectivity index (χ4n) is 0.978. The molecule has 0 saturated heterocycles. The van der Waals surface area contributed by atoms with Gasteiger partial charge in [-0.05, 0) is 6.92 Å². The van der Waals surface area contributed by atoms with Crippen molar-refractivity contribution in [1.82, 2.24) is 4.98 Å². The second-order valence-electron chi connectivity index (χ2n) is 2.87. The number of nitrogens with zero attached hydrogens (tertiary/aromatic N) is 1. The maximum atomic E-state index is 11.8. The van der Waals surface area contributed by atoms with Gasteiger partial charge in [0.2, 0.25) is 0 Å². The zero-order chi connectivity index (χ0) is 10.8. The monoisotopic (exact) mass is 223 g/mol. The maximum Gasteiger partial charge on any atom is 0.395 e. The van der Waals surface area contributed by atoms with E-state index in [0.717, 1.165) is 5.01 Å². The molecule has 0 aromatic carbocycles. The van der Waals surface area contributed by atoms with E-state index in [1.165, 1.54) is 11.3 Å². The van der Waals surface area contributed by atoms with Crippen molar-refractivity contribution in [2.24, 2.45) is 0 Å². The van der Waals surface area contributed by atoms with E-state index in [1.807, 2.05) is 0 Å². The molecule has 0 N–H and O–H groups in total. The largest absolute Gasteiger partial charge is 0.395 e. The third kappa shape index (κ3) is 3.87. The second-order valence-corrected chi connectivity index (χ2v) is 3.93. The Hall–Kier alpha value is -0.910. The fourth-order valence-corrected chi connectivity index (χ4v) is 1.59. The molecule has 0 aliphatic heterocycles. The van der Waals surface area contributed by atoms with Crippen LogP contribution in [-0.4, -0.2) is 16.9 Å². The van der Waals surface area contributed by atoms with E-state index in [1.54, 1.807) is 12.3 Å². The van der Waals surface area contributed by atoms with Crippen LogP contribution in [0.1, 0.15) is 17.1 Å². The van der Waals surface area contributed by atoms with Crippen molar-refractivity contribution in [3.8, 4) is 0 Å². The molecule has 0 bridgehead atoms. The molecule has 0 amide bonds. The minimum atomic E-state index is -4.41. The Morgan fingerprint density at radius 2 is 2.21 bits per heavy atom. The number of carbonyl (C=O) groups excluding carboxylic acids is 1. The van der Waals surface area contributed by atoms with Crippen LogP contribution in [0.4, 0.5) is 13.2 Å². The summed E-state index contributed by atoms with van der Waals surface area (Å²) in [6.07, 6.45) is -6.02. The van der Waals surface area contributed by atoms with Crippen LogP contribution in [0, 0.1) is 6.92 Å². The summed E-state index contributed by atoms with van der Waals surface area (Å²) in [4.78, 5) is 14.8. The Bertz CT molecular complexity index is 332. The summed E-state index contributed by atoms with van der Waals surface area (Å²) in [7, 11) is 0. The Balaban J connectivity index is 2.50. The summed E-state index contributed by atoms with van der Waals surface area (Å²) < 4.78 is 35.3. The van der Waals surface area contributed by atoms with Gasteiger partial charge in [0, 0.05) is 11.8 Å². The van der Waals surface area contributed by atoms with E-state index in [4.69, 9.17) is 0 Å². The Kier molecular flexibility index (Phi) is 3.25. The number of aryl methyl sites for hydroxylation is 1. The molecule has 1 aromatic heterocycles. The van der Waals surface area contributed by atoms with Crippen molar-refractivity contribution in [3.63, 3.8) is 0 Å². The Labute approximate surface area is 82.8 Å². The van der Waals surface area contributed by atoms with Crippen molar-refractivity contribution in [2.75, 3.05) is 0 Å². The predicted molar refractivity (Wildman–Crippen MR) is 46.2 cm³/mol. The van der Waals surface area contributed by atoms with Crippen LogP contribution in [0.2, 0.25) is 0 Å². The minimum Gasteiger partial charge on any atom is -0.299 e. The number of aromatic nitrogens is 1. The molecule has 0 atom stereocenters. The first-order chi connectivity index (χ1) is 6.37. The summed E-state index contributed by atoms with van der Waals surface area (Å²) in [6, 6.07) is 0. The SMILES string of the molecule is Cc1nc(CC(=O)CC(F)(F)F)cs1. The van der Waals surface area contributed by atoms with E-state index < -0.39 is 18.4 Å². The molecule has 0 radical (unpaired) electrons. The molecule has 14 heavy (non-hydrogen) atoms. The first kappa shape index (κ1) is 11.2. The first-order valence-corrected chi connectivity index (χ1v) is 4.74. The molecular formula is C8H8F3NOS. The number of Topliss-reactive ketones (excluding diaryl/α,β-unsaturated/α-hetero) is 1. The van der Waals surface area contributed by atoms with Crippen LogP contribution < -0.4 is 0 Å². The quantitative estimate of drug-likeness (QED) is 0.788. The number of thiazole rings is 1. The summed E-state index contributed by atoms with van der Waals surface area (Å²) in [6.45, 7) is 1.74.